The zero-order valence-corrected chi connectivity index (χ0v) is 7.94. The van der Waals surface area contributed by atoms with E-state index in [1.54, 1.807) is 6.20 Å². The van der Waals surface area contributed by atoms with Crippen molar-refractivity contribution in [2.24, 2.45) is 0 Å². The van der Waals surface area contributed by atoms with Gasteiger partial charge in [-0.05, 0) is 22.6 Å². The third-order valence-corrected chi connectivity index (χ3v) is 2.03. The minimum Gasteiger partial charge on any atom is -0.244 e. The zero-order valence-electron chi connectivity index (χ0n) is 4.21. The lowest BCUT2D eigenvalue weighted by atomic mass is 10.7. The molecule has 5 heteroatoms. The first-order chi connectivity index (χ1) is 3.80. The SMILES string of the molecule is Cl.Clc1ncncc1I. The second kappa shape index (κ2) is 4.24. The van der Waals surface area contributed by atoms with E-state index in [1.165, 1.54) is 6.33 Å². The summed E-state index contributed by atoms with van der Waals surface area (Å²) in [5.74, 6) is 0. The summed E-state index contributed by atoms with van der Waals surface area (Å²) >= 11 is 7.62. The quantitative estimate of drug-likeness (QED) is 0.536. The van der Waals surface area contributed by atoms with Crippen molar-refractivity contribution in [3.63, 3.8) is 0 Å². The molecule has 0 atom stereocenters. The summed E-state index contributed by atoms with van der Waals surface area (Å²) in [5.41, 5.74) is 0. The first-order valence-corrected chi connectivity index (χ1v) is 3.37. The highest BCUT2D eigenvalue weighted by Crippen LogP contribution is 2.11. The summed E-state index contributed by atoms with van der Waals surface area (Å²) in [6.45, 7) is 0. The van der Waals surface area contributed by atoms with Gasteiger partial charge in [-0.1, -0.05) is 11.6 Å². The first kappa shape index (κ1) is 9.39. The van der Waals surface area contributed by atoms with Crippen LogP contribution in [-0.4, -0.2) is 9.97 Å². The van der Waals surface area contributed by atoms with Crippen LogP contribution in [0.3, 0.4) is 0 Å². The Labute approximate surface area is 77.6 Å². The maximum Gasteiger partial charge on any atom is 0.145 e. The second-order valence-electron chi connectivity index (χ2n) is 1.16. The molecule has 0 unspecified atom stereocenters. The van der Waals surface area contributed by atoms with E-state index in [-0.39, 0.29) is 12.4 Å². The fourth-order valence-corrected chi connectivity index (χ4v) is 0.690. The molecule has 0 aromatic carbocycles. The average molecular weight is 277 g/mol. The molecule has 1 heterocycles. The van der Waals surface area contributed by atoms with Crippen molar-refractivity contribution < 1.29 is 0 Å². The van der Waals surface area contributed by atoms with E-state index in [0.717, 1.165) is 3.57 Å². The maximum absolute atomic E-state index is 5.55. The van der Waals surface area contributed by atoms with Gasteiger partial charge in [-0.3, -0.25) is 0 Å². The summed E-state index contributed by atoms with van der Waals surface area (Å²) in [6.07, 6.45) is 3.08. The van der Waals surface area contributed by atoms with Gasteiger partial charge in [-0.2, -0.15) is 0 Å². The van der Waals surface area contributed by atoms with Gasteiger partial charge >= 0.3 is 0 Å². The Balaban J connectivity index is 0.000000640. The number of aromatic nitrogens is 2. The fourth-order valence-electron chi connectivity index (χ4n) is 0.298. The van der Waals surface area contributed by atoms with Gasteiger partial charge in [0, 0.05) is 6.20 Å². The molecule has 0 bridgehead atoms. The maximum atomic E-state index is 5.55. The molecule has 2 nitrogen and oxygen atoms in total. The minimum atomic E-state index is 0. The summed E-state index contributed by atoms with van der Waals surface area (Å²) in [5, 5.41) is 0.514. The highest BCUT2D eigenvalue weighted by atomic mass is 127. The molecule has 0 aliphatic heterocycles. The number of rotatable bonds is 0. The highest BCUT2D eigenvalue weighted by molar-refractivity contribution is 14.1. The van der Waals surface area contributed by atoms with Gasteiger partial charge in [-0.15, -0.1) is 12.4 Å². The van der Waals surface area contributed by atoms with Crippen LogP contribution in [-0.2, 0) is 0 Å². The van der Waals surface area contributed by atoms with Crippen LogP contribution in [0.1, 0.15) is 0 Å². The van der Waals surface area contributed by atoms with Crippen LogP contribution in [0.4, 0.5) is 0 Å². The molecule has 50 valence electrons. The second-order valence-corrected chi connectivity index (χ2v) is 2.68. The zero-order chi connectivity index (χ0) is 5.98. The van der Waals surface area contributed by atoms with E-state index in [9.17, 15) is 0 Å². The Bertz CT molecular complexity index is 173. The van der Waals surface area contributed by atoms with Gasteiger partial charge < -0.3 is 0 Å². The molecule has 0 radical (unpaired) electrons. The van der Waals surface area contributed by atoms with Crippen LogP contribution < -0.4 is 0 Å². The summed E-state index contributed by atoms with van der Waals surface area (Å²) in [6, 6.07) is 0. The van der Waals surface area contributed by atoms with E-state index in [4.69, 9.17) is 11.6 Å². The summed E-state index contributed by atoms with van der Waals surface area (Å²) in [7, 11) is 0. The Kier molecular flexibility index (Phi) is 4.43. The molecule has 0 amide bonds. The molecule has 0 fully saturated rings. The Hall–Kier alpha value is 0.390. The molecule has 1 rings (SSSR count). The molecule has 0 saturated heterocycles. The Morgan fingerprint density at radius 2 is 2.22 bits per heavy atom. The van der Waals surface area contributed by atoms with E-state index in [1.807, 2.05) is 0 Å². The van der Waals surface area contributed by atoms with Gasteiger partial charge in [0.1, 0.15) is 11.5 Å². The van der Waals surface area contributed by atoms with E-state index >= 15 is 0 Å². The molecule has 0 aliphatic rings. The van der Waals surface area contributed by atoms with E-state index in [2.05, 4.69) is 32.6 Å². The summed E-state index contributed by atoms with van der Waals surface area (Å²) in [4.78, 5) is 7.47. The van der Waals surface area contributed by atoms with Crippen molar-refractivity contribution in [1.29, 1.82) is 0 Å². The van der Waals surface area contributed by atoms with Gasteiger partial charge in [0.25, 0.3) is 0 Å². The highest BCUT2D eigenvalue weighted by Gasteiger charge is 1.91. The molecule has 9 heavy (non-hydrogen) atoms. The van der Waals surface area contributed by atoms with Crippen LogP contribution in [0.5, 0.6) is 0 Å². The smallest absolute Gasteiger partial charge is 0.145 e. The molecule has 0 aliphatic carbocycles. The lowest BCUT2D eigenvalue weighted by Gasteiger charge is -1.87. The lowest BCUT2D eigenvalue weighted by Crippen LogP contribution is -1.80. The van der Waals surface area contributed by atoms with Gasteiger partial charge in [0.15, 0.2) is 0 Å². The topological polar surface area (TPSA) is 25.8 Å². The normalized spacial score (nSPS) is 8.22. The van der Waals surface area contributed by atoms with Crippen LogP contribution in [0.15, 0.2) is 12.5 Å². The largest absolute Gasteiger partial charge is 0.244 e. The fraction of sp³-hybridized carbons (Fsp3) is 0. The van der Waals surface area contributed by atoms with Gasteiger partial charge in [0.2, 0.25) is 0 Å². The third-order valence-electron chi connectivity index (χ3n) is 0.623. The molecule has 0 saturated carbocycles. The van der Waals surface area contributed by atoms with Crippen LogP contribution in [0.2, 0.25) is 5.15 Å². The standard InChI is InChI=1S/C4H2ClIN2.ClH/c5-4-3(6)1-7-2-8-4;/h1-2H;1H. The van der Waals surface area contributed by atoms with E-state index < -0.39 is 0 Å². The minimum absolute atomic E-state index is 0. The van der Waals surface area contributed by atoms with Crippen LogP contribution in [0, 0.1) is 3.57 Å². The van der Waals surface area contributed by atoms with E-state index in [0.29, 0.717) is 5.15 Å². The van der Waals surface area contributed by atoms with Crippen LogP contribution in [0.25, 0.3) is 0 Å². The van der Waals surface area contributed by atoms with Crippen molar-refractivity contribution in [3.8, 4) is 0 Å². The number of halogens is 3. The summed E-state index contributed by atoms with van der Waals surface area (Å²) < 4.78 is 0.881. The Morgan fingerprint density at radius 1 is 1.56 bits per heavy atom. The van der Waals surface area contributed by atoms with Crippen molar-refractivity contribution >= 4 is 46.6 Å². The molecule has 0 N–H and O–H groups in total. The number of hydrogen-bond donors (Lipinski definition) is 0. The lowest BCUT2D eigenvalue weighted by molar-refractivity contribution is 1.15. The van der Waals surface area contributed by atoms with Crippen molar-refractivity contribution in [1.82, 2.24) is 9.97 Å². The first-order valence-electron chi connectivity index (χ1n) is 1.91. The molecular weight excluding hydrogens is 274 g/mol. The number of hydrogen-bond acceptors (Lipinski definition) is 2. The molecule has 1 aromatic rings. The third kappa shape index (κ3) is 2.64. The van der Waals surface area contributed by atoms with Crippen molar-refractivity contribution in [3.05, 3.63) is 21.2 Å². The molecule has 1 aromatic heterocycles. The van der Waals surface area contributed by atoms with Gasteiger partial charge in [0.05, 0.1) is 3.57 Å². The predicted molar refractivity (Wildman–Crippen MR) is 47.0 cm³/mol. The van der Waals surface area contributed by atoms with Crippen molar-refractivity contribution in [2.45, 2.75) is 0 Å². The average Bonchev–Trinajstić information content (AvgIpc) is 1.77. The Morgan fingerprint density at radius 3 is 2.56 bits per heavy atom. The molecule has 0 spiro atoms. The monoisotopic (exact) mass is 276 g/mol. The van der Waals surface area contributed by atoms with Crippen molar-refractivity contribution in [2.75, 3.05) is 0 Å². The van der Waals surface area contributed by atoms with Crippen LogP contribution >= 0.6 is 46.6 Å². The molecular formula is C4H3Cl2IN2. The number of nitrogens with zero attached hydrogens (tertiary/aromatic N) is 2. The van der Waals surface area contributed by atoms with Gasteiger partial charge in [-0.25, -0.2) is 9.97 Å². The predicted octanol–water partition coefficient (Wildman–Crippen LogP) is 2.16.